The first-order valence-electron chi connectivity index (χ1n) is 17.0. The summed E-state index contributed by atoms with van der Waals surface area (Å²) in [4.78, 5) is 2.43. The van der Waals surface area contributed by atoms with Crippen LogP contribution < -0.4 is 4.90 Å². The van der Waals surface area contributed by atoms with Crippen molar-refractivity contribution < 1.29 is 4.42 Å². The van der Waals surface area contributed by atoms with Gasteiger partial charge in [0.2, 0.25) is 0 Å². The largest absolute Gasteiger partial charge is 0.456 e. The molecule has 0 amide bonds. The van der Waals surface area contributed by atoms with Crippen molar-refractivity contribution in [2.45, 2.75) is 19.3 Å². The van der Waals surface area contributed by atoms with Gasteiger partial charge in [0.1, 0.15) is 11.2 Å². The van der Waals surface area contributed by atoms with Gasteiger partial charge in [-0.05, 0) is 110 Å². The van der Waals surface area contributed by atoms with Crippen molar-refractivity contribution in [3.8, 4) is 22.3 Å². The Morgan fingerprint density at radius 3 is 2.00 bits per heavy atom. The van der Waals surface area contributed by atoms with Crippen LogP contribution in [0, 0.1) is 0 Å². The van der Waals surface area contributed by atoms with Crippen LogP contribution in [-0.4, -0.2) is 0 Å². The van der Waals surface area contributed by atoms with E-state index in [1.54, 1.807) is 0 Å². The van der Waals surface area contributed by atoms with Crippen LogP contribution in [0.2, 0.25) is 0 Å². The summed E-state index contributed by atoms with van der Waals surface area (Å²) >= 11 is 0. The first-order valence-corrected chi connectivity index (χ1v) is 17.0. The number of nitrogens with zero attached hydrogens (tertiary/aromatic N) is 1. The lowest BCUT2D eigenvalue weighted by molar-refractivity contribution is 0.660. The van der Waals surface area contributed by atoms with E-state index >= 15 is 0 Å². The minimum absolute atomic E-state index is 0.0994. The Bertz CT molecular complexity index is 2750. The average Bonchev–Trinajstić information content (AvgIpc) is 3.62. The van der Waals surface area contributed by atoms with Crippen molar-refractivity contribution in [3.05, 3.63) is 175 Å². The number of furan rings is 1. The fourth-order valence-corrected chi connectivity index (χ4v) is 8.13. The van der Waals surface area contributed by atoms with Gasteiger partial charge in [-0.3, -0.25) is 0 Å². The molecular weight excluding hydrogens is 595 g/mol. The lowest BCUT2D eigenvalue weighted by atomic mass is 9.82. The van der Waals surface area contributed by atoms with Crippen molar-refractivity contribution in [2.75, 3.05) is 4.90 Å². The molecule has 1 aliphatic rings. The van der Waals surface area contributed by atoms with E-state index < -0.39 is 0 Å². The van der Waals surface area contributed by atoms with Gasteiger partial charge in [-0.2, -0.15) is 0 Å². The number of hydrogen-bond donors (Lipinski definition) is 0. The third-order valence-electron chi connectivity index (χ3n) is 10.6. The zero-order valence-corrected chi connectivity index (χ0v) is 27.4. The monoisotopic (exact) mass is 627 g/mol. The van der Waals surface area contributed by atoms with E-state index in [0.29, 0.717) is 0 Å². The molecule has 2 heteroatoms. The SMILES string of the molecule is CC1(C)c2ccccc2-c2ccc(N(c3cccc(-c4ccccc4)c3)c3ccc4ccc5cc6oc7ccccc7c6cc5c4c3)cc21. The number of anilines is 3. The summed E-state index contributed by atoms with van der Waals surface area (Å²) in [6.07, 6.45) is 0. The fraction of sp³-hybridized carbons (Fsp3) is 0.0638. The minimum atomic E-state index is -0.0994. The predicted octanol–water partition coefficient (Wildman–Crippen LogP) is 13.3. The van der Waals surface area contributed by atoms with Gasteiger partial charge in [-0.25, -0.2) is 0 Å². The molecule has 0 aliphatic heterocycles. The lowest BCUT2D eigenvalue weighted by Crippen LogP contribution is -2.16. The maximum atomic E-state index is 6.27. The minimum Gasteiger partial charge on any atom is -0.456 e. The summed E-state index contributed by atoms with van der Waals surface area (Å²) in [5, 5.41) is 7.13. The van der Waals surface area contributed by atoms with Crippen LogP contribution in [0.3, 0.4) is 0 Å². The molecule has 0 atom stereocenters. The van der Waals surface area contributed by atoms with Gasteiger partial charge in [0, 0.05) is 33.2 Å². The van der Waals surface area contributed by atoms with Gasteiger partial charge in [-0.1, -0.05) is 123 Å². The maximum Gasteiger partial charge on any atom is 0.136 e. The number of rotatable bonds is 4. The van der Waals surface area contributed by atoms with E-state index in [9.17, 15) is 0 Å². The van der Waals surface area contributed by atoms with Crippen molar-refractivity contribution in [1.29, 1.82) is 0 Å². The summed E-state index contributed by atoms with van der Waals surface area (Å²) in [5.41, 5.74) is 12.9. The normalized spacial score (nSPS) is 13.3. The van der Waals surface area contributed by atoms with Crippen LogP contribution in [0.15, 0.2) is 168 Å². The second-order valence-corrected chi connectivity index (χ2v) is 13.8. The molecule has 0 radical (unpaired) electrons. The molecule has 0 N–H and O–H groups in total. The molecular formula is C47H33NO. The van der Waals surface area contributed by atoms with E-state index in [2.05, 4.69) is 170 Å². The molecule has 0 unspecified atom stereocenters. The highest BCUT2D eigenvalue weighted by atomic mass is 16.3. The van der Waals surface area contributed by atoms with Gasteiger partial charge in [0.15, 0.2) is 0 Å². The second-order valence-electron chi connectivity index (χ2n) is 13.8. The molecule has 49 heavy (non-hydrogen) atoms. The molecule has 1 aliphatic carbocycles. The number of hydrogen-bond acceptors (Lipinski definition) is 2. The third kappa shape index (κ3) is 4.27. The molecule has 1 heterocycles. The lowest BCUT2D eigenvalue weighted by Gasteiger charge is -2.29. The molecule has 8 aromatic carbocycles. The third-order valence-corrected chi connectivity index (χ3v) is 10.6. The average molecular weight is 628 g/mol. The number of fused-ring (bicyclic) bond motifs is 9. The highest BCUT2D eigenvalue weighted by Crippen LogP contribution is 2.51. The molecule has 0 fully saturated rings. The van der Waals surface area contributed by atoms with Crippen molar-refractivity contribution in [3.63, 3.8) is 0 Å². The Hall–Kier alpha value is -6.12. The van der Waals surface area contributed by atoms with E-state index in [1.807, 2.05) is 12.1 Å². The second kappa shape index (κ2) is 10.4. The Morgan fingerprint density at radius 1 is 0.408 bits per heavy atom. The van der Waals surface area contributed by atoms with Crippen LogP contribution in [0.4, 0.5) is 17.1 Å². The van der Waals surface area contributed by atoms with Crippen LogP contribution >= 0.6 is 0 Å². The first kappa shape index (κ1) is 27.9. The summed E-state index contributed by atoms with van der Waals surface area (Å²) in [5.74, 6) is 0. The van der Waals surface area contributed by atoms with Crippen molar-refractivity contribution in [2.24, 2.45) is 0 Å². The summed E-state index contributed by atoms with van der Waals surface area (Å²) in [7, 11) is 0. The van der Waals surface area contributed by atoms with E-state index in [0.717, 1.165) is 39.0 Å². The fourth-order valence-electron chi connectivity index (χ4n) is 8.13. The highest BCUT2D eigenvalue weighted by Gasteiger charge is 2.35. The van der Waals surface area contributed by atoms with Crippen molar-refractivity contribution in [1.82, 2.24) is 0 Å². The standard InChI is InChI=1S/C47H33NO/c1-47(2)43-17-8-6-15-37(43)38-24-23-36(28-44(38)47)48(34-14-10-13-32(25-34)30-11-4-3-5-12-30)35-22-21-31-19-20-33-26-46-42(29-41(33)40(31)27-35)39-16-7-9-18-45(39)49-46/h3-29H,1-2H3. The molecule has 232 valence electrons. The zero-order valence-electron chi connectivity index (χ0n) is 27.4. The summed E-state index contributed by atoms with van der Waals surface area (Å²) < 4.78 is 6.27. The first-order chi connectivity index (χ1) is 24.0. The Balaban J connectivity index is 1.21. The van der Waals surface area contributed by atoms with E-state index in [1.165, 1.54) is 54.9 Å². The van der Waals surface area contributed by atoms with Gasteiger partial charge in [-0.15, -0.1) is 0 Å². The Labute approximate surface area is 285 Å². The molecule has 9 aromatic rings. The van der Waals surface area contributed by atoms with Crippen LogP contribution in [0.25, 0.3) is 65.7 Å². The van der Waals surface area contributed by atoms with Gasteiger partial charge in [0.05, 0.1) is 0 Å². The van der Waals surface area contributed by atoms with Gasteiger partial charge < -0.3 is 9.32 Å². The quantitative estimate of drug-likeness (QED) is 0.181. The Kier molecular flexibility index (Phi) is 5.95. The Morgan fingerprint density at radius 2 is 1.08 bits per heavy atom. The molecule has 0 bridgehead atoms. The number of para-hydroxylation sites is 1. The van der Waals surface area contributed by atoms with E-state index in [-0.39, 0.29) is 5.41 Å². The zero-order chi connectivity index (χ0) is 32.7. The number of benzene rings is 8. The van der Waals surface area contributed by atoms with Gasteiger partial charge in [0.25, 0.3) is 0 Å². The molecule has 0 saturated heterocycles. The van der Waals surface area contributed by atoms with Crippen molar-refractivity contribution >= 4 is 60.5 Å². The maximum absolute atomic E-state index is 6.27. The topological polar surface area (TPSA) is 16.4 Å². The van der Waals surface area contributed by atoms with Crippen LogP contribution in [-0.2, 0) is 5.41 Å². The predicted molar refractivity (Wildman–Crippen MR) is 206 cm³/mol. The summed E-state index contributed by atoms with van der Waals surface area (Å²) in [6, 6.07) is 59.6. The van der Waals surface area contributed by atoms with Crippen LogP contribution in [0.1, 0.15) is 25.0 Å². The van der Waals surface area contributed by atoms with E-state index in [4.69, 9.17) is 4.42 Å². The molecule has 0 saturated carbocycles. The summed E-state index contributed by atoms with van der Waals surface area (Å²) in [6.45, 7) is 4.70. The molecule has 10 rings (SSSR count). The molecule has 0 spiro atoms. The van der Waals surface area contributed by atoms with Crippen LogP contribution in [0.5, 0.6) is 0 Å². The van der Waals surface area contributed by atoms with Gasteiger partial charge >= 0.3 is 0 Å². The molecule has 1 aromatic heterocycles. The highest BCUT2D eigenvalue weighted by molar-refractivity contribution is 6.17. The molecule has 2 nitrogen and oxygen atoms in total. The smallest absolute Gasteiger partial charge is 0.136 e.